The Balaban J connectivity index is 1.53. The fourth-order valence-electron chi connectivity index (χ4n) is 3.45. The lowest BCUT2D eigenvalue weighted by Crippen LogP contribution is -2.33. The number of nitrogens with zero attached hydrogens (tertiary/aromatic N) is 1. The summed E-state index contributed by atoms with van der Waals surface area (Å²) in [5.41, 5.74) is 1.99. The van der Waals surface area contributed by atoms with E-state index in [9.17, 15) is 14.4 Å². The van der Waals surface area contributed by atoms with Crippen LogP contribution in [-0.4, -0.2) is 35.0 Å². The third-order valence-electron chi connectivity index (χ3n) is 5.13. The van der Waals surface area contributed by atoms with Crippen LogP contribution in [0.25, 0.3) is 6.08 Å². The molecule has 0 spiro atoms. The van der Waals surface area contributed by atoms with Crippen molar-refractivity contribution in [1.82, 2.24) is 4.90 Å². The molecular weight excluding hydrogens is 486 g/mol. The molecule has 1 aliphatic heterocycles. The van der Waals surface area contributed by atoms with Gasteiger partial charge in [-0.2, -0.15) is 0 Å². The standard InChI is InChI=1S/C27H22ClNO5S/c1-2-33-23-14-19(13-21(28)25(23)34-17-18-9-5-3-6-10-18)15-24-26(31)29(27(32)35-24)16-22(30)20-11-7-4-8-12-20/h3-15H,2,16-17H2,1H3/b24-15-. The van der Waals surface area contributed by atoms with Gasteiger partial charge in [0.2, 0.25) is 0 Å². The van der Waals surface area contributed by atoms with Gasteiger partial charge in [-0.1, -0.05) is 72.3 Å². The fourth-order valence-corrected chi connectivity index (χ4v) is 4.56. The van der Waals surface area contributed by atoms with Crippen LogP contribution in [0.2, 0.25) is 5.02 Å². The van der Waals surface area contributed by atoms with Gasteiger partial charge in [0.25, 0.3) is 11.1 Å². The van der Waals surface area contributed by atoms with Crippen LogP contribution in [0.15, 0.2) is 77.7 Å². The second-order valence-corrected chi connectivity index (χ2v) is 8.99. The van der Waals surface area contributed by atoms with Crippen LogP contribution in [0.1, 0.15) is 28.4 Å². The molecule has 0 aliphatic carbocycles. The smallest absolute Gasteiger partial charge is 0.293 e. The van der Waals surface area contributed by atoms with E-state index in [0.717, 1.165) is 22.2 Å². The molecule has 1 heterocycles. The average Bonchev–Trinajstić information content (AvgIpc) is 3.12. The molecule has 6 nitrogen and oxygen atoms in total. The first-order chi connectivity index (χ1) is 17.0. The molecule has 3 aromatic rings. The molecule has 0 aromatic heterocycles. The normalized spacial score (nSPS) is 14.5. The van der Waals surface area contributed by atoms with Gasteiger partial charge >= 0.3 is 0 Å². The van der Waals surface area contributed by atoms with Gasteiger partial charge in [0, 0.05) is 5.56 Å². The van der Waals surface area contributed by atoms with Crippen molar-refractivity contribution in [2.45, 2.75) is 13.5 Å². The Hall–Kier alpha value is -3.55. The number of carbonyl (C=O) groups excluding carboxylic acids is 3. The summed E-state index contributed by atoms with van der Waals surface area (Å²) in [6.45, 7) is 2.23. The highest BCUT2D eigenvalue weighted by molar-refractivity contribution is 8.18. The van der Waals surface area contributed by atoms with Crippen molar-refractivity contribution in [1.29, 1.82) is 0 Å². The molecule has 0 radical (unpaired) electrons. The van der Waals surface area contributed by atoms with Gasteiger partial charge in [-0.15, -0.1) is 0 Å². The fraction of sp³-hybridized carbons (Fsp3) is 0.148. The highest BCUT2D eigenvalue weighted by atomic mass is 35.5. The van der Waals surface area contributed by atoms with Crippen LogP contribution < -0.4 is 9.47 Å². The molecule has 0 unspecified atom stereocenters. The van der Waals surface area contributed by atoms with E-state index in [1.165, 1.54) is 0 Å². The summed E-state index contributed by atoms with van der Waals surface area (Å²) in [7, 11) is 0. The van der Waals surface area contributed by atoms with Gasteiger partial charge in [0.15, 0.2) is 17.3 Å². The quantitative estimate of drug-likeness (QED) is 0.252. The Bertz CT molecular complexity index is 1280. The Kier molecular flexibility index (Phi) is 7.90. The summed E-state index contributed by atoms with van der Waals surface area (Å²) >= 11 is 7.29. The number of rotatable bonds is 9. The minimum absolute atomic E-state index is 0.201. The minimum Gasteiger partial charge on any atom is -0.490 e. The zero-order valence-corrected chi connectivity index (χ0v) is 20.5. The summed E-state index contributed by atoms with van der Waals surface area (Å²) < 4.78 is 11.7. The molecule has 178 valence electrons. The number of hydrogen-bond acceptors (Lipinski definition) is 6. The van der Waals surface area contributed by atoms with E-state index in [0.29, 0.717) is 40.9 Å². The molecule has 0 bridgehead atoms. The number of ether oxygens (including phenoxy) is 2. The molecular formula is C27H22ClNO5S. The van der Waals surface area contributed by atoms with Gasteiger partial charge in [-0.3, -0.25) is 19.3 Å². The SMILES string of the molecule is CCOc1cc(/C=C2\SC(=O)N(CC(=O)c3ccccc3)C2=O)cc(Cl)c1OCc1ccccc1. The van der Waals surface area contributed by atoms with E-state index < -0.39 is 11.1 Å². The van der Waals surface area contributed by atoms with Gasteiger partial charge in [0.1, 0.15) is 6.61 Å². The molecule has 2 amide bonds. The van der Waals surface area contributed by atoms with Gasteiger partial charge in [0.05, 0.1) is 23.1 Å². The number of ketones is 1. The second-order valence-electron chi connectivity index (χ2n) is 7.59. The lowest BCUT2D eigenvalue weighted by molar-refractivity contribution is -0.122. The molecule has 8 heteroatoms. The number of hydrogen-bond donors (Lipinski definition) is 0. The Labute approximate surface area is 212 Å². The number of amides is 2. The van der Waals surface area contributed by atoms with Crippen molar-refractivity contribution in [2.75, 3.05) is 13.2 Å². The zero-order valence-electron chi connectivity index (χ0n) is 18.9. The van der Waals surface area contributed by atoms with Gasteiger partial charge < -0.3 is 9.47 Å². The molecule has 0 N–H and O–H groups in total. The highest BCUT2D eigenvalue weighted by Crippen LogP contribution is 2.39. The molecule has 3 aromatic carbocycles. The predicted molar refractivity (Wildman–Crippen MR) is 137 cm³/mol. The van der Waals surface area contributed by atoms with Crippen molar-refractivity contribution >= 4 is 46.4 Å². The second kappa shape index (κ2) is 11.3. The Morgan fingerprint density at radius 1 is 1.00 bits per heavy atom. The summed E-state index contributed by atoms with van der Waals surface area (Å²) in [5.74, 6) is -0.00439. The number of Topliss-reactive ketones (excluding diaryl/α,β-unsaturated/α-hetero) is 1. The summed E-state index contributed by atoms with van der Waals surface area (Å²) in [6, 6.07) is 21.6. The predicted octanol–water partition coefficient (Wildman–Crippen LogP) is 6.24. The van der Waals surface area contributed by atoms with E-state index in [1.807, 2.05) is 37.3 Å². The molecule has 35 heavy (non-hydrogen) atoms. The molecule has 1 aliphatic rings. The topological polar surface area (TPSA) is 72.9 Å². The van der Waals surface area contributed by atoms with Gasteiger partial charge in [-0.25, -0.2) is 0 Å². The van der Waals surface area contributed by atoms with Crippen LogP contribution in [0.5, 0.6) is 11.5 Å². The van der Waals surface area contributed by atoms with Crippen molar-refractivity contribution < 1.29 is 23.9 Å². The molecule has 0 atom stereocenters. The van der Waals surface area contributed by atoms with Crippen molar-refractivity contribution in [3.8, 4) is 11.5 Å². The first kappa shape index (κ1) is 24.6. The van der Waals surface area contributed by atoms with E-state index in [1.54, 1.807) is 48.5 Å². The van der Waals surface area contributed by atoms with Crippen LogP contribution in [-0.2, 0) is 11.4 Å². The monoisotopic (exact) mass is 507 g/mol. The number of carbonyl (C=O) groups is 3. The maximum atomic E-state index is 12.9. The Morgan fingerprint density at radius 3 is 2.37 bits per heavy atom. The van der Waals surface area contributed by atoms with Crippen molar-refractivity contribution in [3.05, 3.63) is 99.4 Å². The molecule has 4 rings (SSSR count). The molecule has 1 saturated heterocycles. The number of imide groups is 1. The van der Waals surface area contributed by atoms with Crippen LogP contribution >= 0.6 is 23.4 Å². The van der Waals surface area contributed by atoms with Crippen LogP contribution in [0.3, 0.4) is 0 Å². The first-order valence-corrected chi connectivity index (χ1v) is 12.1. The molecule has 0 saturated carbocycles. The number of halogens is 1. The third-order valence-corrected chi connectivity index (χ3v) is 6.31. The van der Waals surface area contributed by atoms with Crippen LogP contribution in [0, 0.1) is 0 Å². The largest absolute Gasteiger partial charge is 0.490 e. The van der Waals surface area contributed by atoms with E-state index in [2.05, 4.69) is 0 Å². The van der Waals surface area contributed by atoms with Crippen molar-refractivity contribution in [3.63, 3.8) is 0 Å². The summed E-state index contributed by atoms with van der Waals surface area (Å²) in [6.07, 6.45) is 1.56. The molecule has 1 fully saturated rings. The zero-order chi connectivity index (χ0) is 24.8. The third kappa shape index (κ3) is 5.93. The summed E-state index contributed by atoms with van der Waals surface area (Å²) in [4.78, 5) is 39.0. The minimum atomic E-state index is -0.525. The van der Waals surface area contributed by atoms with Crippen molar-refractivity contribution in [2.24, 2.45) is 0 Å². The first-order valence-electron chi connectivity index (χ1n) is 10.9. The van der Waals surface area contributed by atoms with Crippen LogP contribution in [0.4, 0.5) is 4.79 Å². The van der Waals surface area contributed by atoms with E-state index in [4.69, 9.17) is 21.1 Å². The van der Waals surface area contributed by atoms with E-state index in [-0.39, 0.29) is 17.2 Å². The number of benzene rings is 3. The van der Waals surface area contributed by atoms with E-state index >= 15 is 0 Å². The van der Waals surface area contributed by atoms with Gasteiger partial charge in [-0.05, 0) is 48.0 Å². The maximum absolute atomic E-state index is 12.9. The Morgan fingerprint density at radius 2 is 1.69 bits per heavy atom. The highest BCUT2D eigenvalue weighted by Gasteiger charge is 2.36. The maximum Gasteiger partial charge on any atom is 0.293 e. The lowest BCUT2D eigenvalue weighted by Gasteiger charge is -2.15. The lowest BCUT2D eigenvalue weighted by atomic mass is 10.1. The summed E-state index contributed by atoms with van der Waals surface area (Å²) in [5, 5.41) is -0.180. The number of thioether (sulfide) groups is 1. The average molecular weight is 508 g/mol.